The summed E-state index contributed by atoms with van der Waals surface area (Å²) >= 11 is 5.66. The maximum atomic E-state index is 11.7. The van der Waals surface area contributed by atoms with Gasteiger partial charge in [0.1, 0.15) is 0 Å². The van der Waals surface area contributed by atoms with Gasteiger partial charge in [0.15, 0.2) is 0 Å². The molecule has 0 bridgehead atoms. The van der Waals surface area contributed by atoms with Gasteiger partial charge in [0.2, 0.25) is 0 Å². The number of unbranched alkanes of at least 4 members (excludes halogenated alkanes) is 1. The van der Waals surface area contributed by atoms with Gasteiger partial charge in [-0.1, -0.05) is 38.1 Å². The predicted octanol–water partition coefficient (Wildman–Crippen LogP) is 4.13. The molecule has 1 aromatic carbocycles. The van der Waals surface area contributed by atoms with Crippen molar-refractivity contribution < 1.29 is 4.79 Å². The highest BCUT2D eigenvalue weighted by molar-refractivity contribution is 6.17. The van der Waals surface area contributed by atoms with Gasteiger partial charge in [-0.05, 0) is 30.0 Å². The molecular weight excluding hydrogens is 272 g/mol. The Bertz CT molecular complexity index is 523. The zero-order valence-corrected chi connectivity index (χ0v) is 12.8. The van der Waals surface area contributed by atoms with Crippen LogP contribution in [0.3, 0.4) is 0 Å². The molecule has 0 fully saturated rings. The molecular formula is C16H21ClN2O. The highest BCUT2D eigenvalue weighted by Gasteiger charge is 2.28. The van der Waals surface area contributed by atoms with Crippen LogP contribution in [-0.4, -0.2) is 18.5 Å². The summed E-state index contributed by atoms with van der Waals surface area (Å²) in [7, 11) is 0. The van der Waals surface area contributed by atoms with E-state index in [1.807, 2.05) is 6.07 Å². The lowest BCUT2D eigenvalue weighted by Gasteiger charge is -2.24. The molecule has 0 aromatic heterocycles. The van der Waals surface area contributed by atoms with Crippen molar-refractivity contribution in [3.05, 3.63) is 35.4 Å². The van der Waals surface area contributed by atoms with E-state index < -0.39 is 0 Å². The summed E-state index contributed by atoms with van der Waals surface area (Å²) in [6.45, 7) is 4.90. The first-order valence-corrected chi connectivity index (χ1v) is 7.48. The van der Waals surface area contributed by atoms with Gasteiger partial charge >= 0.3 is 6.03 Å². The van der Waals surface area contributed by atoms with Crippen molar-refractivity contribution in [2.24, 2.45) is 0 Å². The van der Waals surface area contributed by atoms with Gasteiger partial charge < -0.3 is 10.6 Å². The Hall–Kier alpha value is -1.48. The number of amides is 2. The summed E-state index contributed by atoms with van der Waals surface area (Å²) in [5.41, 5.74) is 3.07. The van der Waals surface area contributed by atoms with Gasteiger partial charge in [0.05, 0.1) is 0 Å². The third-order valence-corrected chi connectivity index (χ3v) is 3.79. The monoisotopic (exact) mass is 292 g/mol. The van der Waals surface area contributed by atoms with Crippen LogP contribution in [0.4, 0.5) is 10.5 Å². The predicted molar refractivity (Wildman–Crippen MR) is 85.5 cm³/mol. The molecule has 0 spiro atoms. The number of carbonyl (C=O) groups excluding carboxylic acids is 1. The number of carbonyl (C=O) groups is 1. The maximum absolute atomic E-state index is 11.7. The number of benzene rings is 1. The van der Waals surface area contributed by atoms with Crippen molar-refractivity contribution in [1.29, 1.82) is 0 Å². The number of hydrogen-bond acceptors (Lipinski definition) is 1. The molecule has 0 saturated heterocycles. The van der Waals surface area contributed by atoms with Crippen LogP contribution in [0.15, 0.2) is 24.3 Å². The third-order valence-electron chi connectivity index (χ3n) is 3.53. The Labute approximate surface area is 125 Å². The van der Waals surface area contributed by atoms with E-state index in [1.54, 1.807) is 0 Å². The van der Waals surface area contributed by atoms with Crippen LogP contribution >= 0.6 is 11.6 Å². The van der Waals surface area contributed by atoms with Crippen LogP contribution in [0, 0.1) is 0 Å². The molecule has 3 nitrogen and oxygen atoms in total. The second-order valence-electron chi connectivity index (χ2n) is 5.73. The lowest BCUT2D eigenvalue weighted by atomic mass is 9.83. The lowest BCUT2D eigenvalue weighted by molar-refractivity contribution is 0.250. The quantitative estimate of drug-likeness (QED) is 0.636. The number of urea groups is 1. The van der Waals surface area contributed by atoms with Gasteiger partial charge in [-0.3, -0.25) is 0 Å². The minimum Gasteiger partial charge on any atom is -0.337 e. The Morgan fingerprint density at radius 1 is 1.40 bits per heavy atom. The van der Waals surface area contributed by atoms with Crippen molar-refractivity contribution in [2.75, 3.05) is 17.7 Å². The molecule has 1 aromatic rings. The van der Waals surface area contributed by atoms with Crippen molar-refractivity contribution in [3.63, 3.8) is 0 Å². The average molecular weight is 293 g/mol. The van der Waals surface area contributed by atoms with Gasteiger partial charge in [-0.15, -0.1) is 11.6 Å². The third kappa shape index (κ3) is 3.54. The average Bonchev–Trinajstić information content (AvgIpc) is 2.52. The SMILES string of the molecule is CC1(C)CNC(=O)Nc2cc(C=CCCCCl)ccc21. The fourth-order valence-corrected chi connectivity index (χ4v) is 2.49. The Morgan fingerprint density at radius 3 is 2.95 bits per heavy atom. The Balaban J connectivity index is 2.25. The van der Waals surface area contributed by atoms with Crippen molar-refractivity contribution >= 4 is 29.4 Å². The van der Waals surface area contributed by atoms with Crippen molar-refractivity contribution in [3.8, 4) is 0 Å². The second-order valence-corrected chi connectivity index (χ2v) is 6.11. The number of fused-ring (bicyclic) bond motifs is 1. The van der Waals surface area contributed by atoms with Crippen molar-refractivity contribution in [1.82, 2.24) is 5.32 Å². The lowest BCUT2D eigenvalue weighted by Crippen LogP contribution is -2.34. The number of rotatable bonds is 4. The van der Waals surface area contributed by atoms with Crippen LogP contribution in [-0.2, 0) is 5.41 Å². The van der Waals surface area contributed by atoms with Crippen LogP contribution < -0.4 is 10.6 Å². The highest BCUT2D eigenvalue weighted by Crippen LogP contribution is 2.32. The zero-order valence-electron chi connectivity index (χ0n) is 12.0. The minimum atomic E-state index is -0.139. The minimum absolute atomic E-state index is 0.0740. The topological polar surface area (TPSA) is 41.1 Å². The number of nitrogens with one attached hydrogen (secondary N) is 2. The molecule has 0 atom stereocenters. The summed E-state index contributed by atoms with van der Waals surface area (Å²) in [4.78, 5) is 11.7. The molecule has 0 saturated carbocycles. The molecule has 4 heteroatoms. The molecule has 2 rings (SSSR count). The molecule has 108 valence electrons. The van der Waals surface area contributed by atoms with Crippen LogP contribution in [0.25, 0.3) is 6.08 Å². The molecule has 1 heterocycles. The molecule has 0 unspecified atom stereocenters. The van der Waals surface area contributed by atoms with E-state index in [-0.39, 0.29) is 11.4 Å². The van der Waals surface area contributed by atoms with Gasteiger partial charge in [0, 0.05) is 23.5 Å². The van der Waals surface area contributed by atoms with Crippen molar-refractivity contribution in [2.45, 2.75) is 32.1 Å². The molecule has 2 N–H and O–H groups in total. The first-order chi connectivity index (χ1) is 9.53. The van der Waals surface area contributed by atoms with E-state index in [4.69, 9.17) is 11.6 Å². The van der Waals surface area contributed by atoms with Crippen LogP contribution in [0.5, 0.6) is 0 Å². The summed E-state index contributed by atoms with van der Waals surface area (Å²) in [6, 6.07) is 6.08. The van der Waals surface area contributed by atoms with E-state index in [1.165, 1.54) is 0 Å². The maximum Gasteiger partial charge on any atom is 0.319 e. The summed E-state index contributed by atoms with van der Waals surface area (Å²) in [6.07, 6.45) is 6.15. The molecule has 0 aliphatic carbocycles. The fourth-order valence-electron chi connectivity index (χ4n) is 2.34. The molecule has 2 amide bonds. The normalized spacial score (nSPS) is 17.2. The summed E-state index contributed by atoms with van der Waals surface area (Å²) in [5.74, 6) is 0.685. The van der Waals surface area contributed by atoms with E-state index in [9.17, 15) is 4.79 Å². The number of halogens is 1. The first kappa shape index (κ1) is 14.9. The van der Waals surface area contributed by atoms with E-state index in [2.05, 4.69) is 48.8 Å². The zero-order chi connectivity index (χ0) is 14.6. The van der Waals surface area contributed by atoms with Gasteiger partial charge in [-0.2, -0.15) is 0 Å². The van der Waals surface area contributed by atoms with Crippen LogP contribution in [0.2, 0.25) is 0 Å². The number of alkyl halides is 1. The van der Waals surface area contributed by atoms with Gasteiger partial charge in [0.25, 0.3) is 0 Å². The van der Waals surface area contributed by atoms with E-state index in [0.29, 0.717) is 12.4 Å². The summed E-state index contributed by atoms with van der Waals surface area (Å²) in [5, 5.41) is 5.79. The number of anilines is 1. The van der Waals surface area contributed by atoms with E-state index >= 15 is 0 Å². The first-order valence-electron chi connectivity index (χ1n) is 6.95. The fraction of sp³-hybridized carbons (Fsp3) is 0.438. The number of allylic oxidation sites excluding steroid dienone is 1. The standard InChI is InChI=1S/C16H21ClN2O/c1-16(2)11-18-15(20)19-14-10-12(7-8-13(14)16)6-4-3-5-9-17/h4,6-8,10H,3,5,9,11H2,1-2H3,(H2,18,19,20). The Morgan fingerprint density at radius 2 is 2.20 bits per heavy atom. The summed E-state index contributed by atoms with van der Waals surface area (Å²) < 4.78 is 0. The molecule has 20 heavy (non-hydrogen) atoms. The molecule has 0 radical (unpaired) electrons. The number of hydrogen-bond donors (Lipinski definition) is 2. The van der Waals surface area contributed by atoms with Gasteiger partial charge in [-0.25, -0.2) is 4.79 Å². The van der Waals surface area contributed by atoms with E-state index in [0.717, 1.165) is 29.7 Å². The van der Waals surface area contributed by atoms with Crippen LogP contribution in [0.1, 0.15) is 37.8 Å². The smallest absolute Gasteiger partial charge is 0.319 e. The Kier molecular flexibility index (Phi) is 4.71. The second kappa shape index (κ2) is 6.31. The largest absolute Gasteiger partial charge is 0.337 e. The molecule has 1 aliphatic heterocycles. The highest BCUT2D eigenvalue weighted by atomic mass is 35.5. The molecule has 1 aliphatic rings.